The van der Waals surface area contributed by atoms with Crippen molar-refractivity contribution in [3.05, 3.63) is 71.3 Å². The highest BCUT2D eigenvalue weighted by molar-refractivity contribution is 5.89. The molecule has 4 heteroatoms. The van der Waals surface area contributed by atoms with E-state index in [1.165, 1.54) is 18.2 Å². The molecular formula is C20H24N2O2. The van der Waals surface area contributed by atoms with Crippen molar-refractivity contribution in [3.63, 3.8) is 0 Å². The van der Waals surface area contributed by atoms with E-state index in [-0.39, 0.29) is 5.97 Å². The van der Waals surface area contributed by atoms with Crippen LogP contribution >= 0.6 is 0 Å². The van der Waals surface area contributed by atoms with Crippen molar-refractivity contribution in [2.24, 2.45) is 0 Å². The van der Waals surface area contributed by atoms with E-state index in [2.05, 4.69) is 40.5 Å². The normalized spacial score (nSPS) is 18.3. The lowest BCUT2D eigenvalue weighted by Gasteiger charge is -2.34. The number of benzene rings is 2. The molecule has 1 aliphatic rings. The molecule has 0 saturated carbocycles. The van der Waals surface area contributed by atoms with Gasteiger partial charge < -0.3 is 10.1 Å². The molecule has 1 atom stereocenters. The summed E-state index contributed by atoms with van der Waals surface area (Å²) in [5.74, 6) is -0.286. The first-order chi connectivity index (χ1) is 11.7. The summed E-state index contributed by atoms with van der Waals surface area (Å²) in [6, 6.07) is 18.8. The van der Waals surface area contributed by atoms with Crippen molar-refractivity contribution in [2.45, 2.75) is 19.0 Å². The van der Waals surface area contributed by atoms with Crippen LogP contribution in [0.2, 0.25) is 0 Å². The molecule has 1 saturated heterocycles. The fraction of sp³-hybridized carbons (Fsp3) is 0.350. The van der Waals surface area contributed by atoms with Crippen LogP contribution in [0, 0.1) is 0 Å². The lowest BCUT2D eigenvalue weighted by Crippen LogP contribution is -2.51. The molecule has 1 fully saturated rings. The topological polar surface area (TPSA) is 41.6 Å². The molecule has 24 heavy (non-hydrogen) atoms. The van der Waals surface area contributed by atoms with E-state index >= 15 is 0 Å². The van der Waals surface area contributed by atoms with Crippen molar-refractivity contribution < 1.29 is 9.53 Å². The van der Waals surface area contributed by atoms with Gasteiger partial charge in [0.15, 0.2) is 0 Å². The zero-order valence-corrected chi connectivity index (χ0v) is 14.1. The molecule has 1 N–H and O–H groups in total. The third-order valence-corrected chi connectivity index (χ3v) is 4.45. The summed E-state index contributed by atoms with van der Waals surface area (Å²) in [5, 5.41) is 3.61. The number of carbonyl (C=O) groups is 1. The highest BCUT2D eigenvalue weighted by Crippen LogP contribution is 2.12. The SMILES string of the molecule is COC(=O)c1ccc(CN2CCN[C@H](Cc3ccccc3)C2)cc1. The number of rotatable bonds is 5. The van der Waals surface area contributed by atoms with Crippen LogP contribution < -0.4 is 5.32 Å². The van der Waals surface area contributed by atoms with E-state index in [4.69, 9.17) is 4.74 Å². The number of hydrogen-bond acceptors (Lipinski definition) is 4. The Labute approximate surface area is 143 Å². The van der Waals surface area contributed by atoms with Crippen LogP contribution in [0.4, 0.5) is 0 Å². The van der Waals surface area contributed by atoms with Crippen molar-refractivity contribution in [3.8, 4) is 0 Å². The molecule has 2 aromatic carbocycles. The van der Waals surface area contributed by atoms with E-state index in [9.17, 15) is 4.79 Å². The van der Waals surface area contributed by atoms with Gasteiger partial charge >= 0.3 is 5.97 Å². The number of methoxy groups -OCH3 is 1. The minimum atomic E-state index is -0.286. The molecule has 0 aromatic heterocycles. The van der Waals surface area contributed by atoms with Crippen molar-refractivity contribution >= 4 is 5.97 Å². The van der Waals surface area contributed by atoms with E-state index in [0.717, 1.165) is 32.6 Å². The summed E-state index contributed by atoms with van der Waals surface area (Å²) < 4.78 is 4.74. The molecule has 1 aliphatic heterocycles. The third-order valence-electron chi connectivity index (χ3n) is 4.45. The van der Waals surface area contributed by atoms with Crippen LogP contribution in [0.5, 0.6) is 0 Å². The predicted molar refractivity (Wildman–Crippen MR) is 95.0 cm³/mol. The van der Waals surface area contributed by atoms with Gasteiger partial charge in [0.1, 0.15) is 0 Å². The number of nitrogens with zero attached hydrogens (tertiary/aromatic N) is 1. The Morgan fingerprint density at radius 1 is 1.12 bits per heavy atom. The first kappa shape index (κ1) is 16.7. The zero-order valence-electron chi connectivity index (χ0n) is 14.1. The maximum absolute atomic E-state index is 11.5. The first-order valence-corrected chi connectivity index (χ1v) is 8.41. The molecule has 3 rings (SSSR count). The molecule has 0 bridgehead atoms. The van der Waals surface area contributed by atoms with E-state index < -0.39 is 0 Å². The fourth-order valence-electron chi connectivity index (χ4n) is 3.20. The number of esters is 1. The standard InChI is InChI=1S/C20H24N2O2/c1-24-20(23)18-9-7-17(8-10-18)14-22-12-11-21-19(15-22)13-16-5-3-2-4-6-16/h2-10,19,21H,11-15H2,1H3/t19-/m1/s1. The second-order valence-electron chi connectivity index (χ2n) is 6.26. The van der Waals surface area contributed by atoms with Gasteiger partial charge in [0.05, 0.1) is 12.7 Å². The van der Waals surface area contributed by atoms with Gasteiger partial charge in [0.25, 0.3) is 0 Å². The Hall–Kier alpha value is -2.17. The molecule has 0 amide bonds. The van der Waals surface area contributed by atoms with Gasteiger partial charge in [-0.3, -0.25) is 4.90 Å². The van der Waals surface area contributed by atoms with Crippen molar-refractivity contribution in [2.75, 3.05) is 26.7 Å². The molecule has 0 unspecified atom stereocenters. The number of nitrogens with one attached hydrogen (secondary N) is 1. The largest absolute Gasteiger partial charge is 0.465 e. The molecule has 0 spiro atoms. The molecule has 1 heterocycles. The molecule has 0 aliphatic carbocycles. The van der Waals surface area contributed by atoms with Crippen molar-refractivity contribution in [1.29, 1.82) is 0 Å². The summed E-state index contributed by atoms with van der Waals surface area (Å²) >= 11 is 0. The number of piperazine rings is 1. The van der Waals surface area contributed by atoms with Gasteiger partial charge in [0.2, 0.25) is 0 Å². The highest BCUT2D eigenvalue weighted by Gasteiger charge is 2.19. The van der Waals surface area contributed by atoms with E-state index in [0.29, 0.717) is 11.6 Å². The lowest BCUT2D eigenvalue weighted by molar-refractivity contribution is 0.0600. The summed E-state index contributed by atoms with van der Waals surface area (Å²) in [5.41, 5.74) is 3.20. The molecular weight excluding hydrogens is 300 g/mol. The minimum Gasteiger partial charge on any atom is -0.465 e. The second-order valence-corrected chi connectivity index (χ2v) is 6.26. The van der Waals surface area contributed by atoms with Crippen LogP contribution in [-0.2, 0) is 17.7 Å². The van der Waals surface area contributed by atoms with Crippen LogP contribution in [0.1, 0.15) is 21.5 Å². The van der Waals surface area contributed by atoms with Gasteiger partial charge in [-0.1, -0.05) is 42.5 Å². The molecule has 126 valence electrons. The summed E-state index contributed by atoms with van der Waals surface area (Å²) in [6.07, 6.45) is 1.05. The van der Waals surface area contributed by atoms with Gasteiger partial charge in [0, 0.05) is 32.2 Å². The second kappa shape index (κ2) is 8.08. The van der Waals surface area contributed by atoms with E-state index in [1.54, 1.807) is 0 Å². The molecule has 2 aromatic rings. The summed E-state index contributed by atoms with van der Waals surface area (Å²) in [7, 11) is 1.41. The molecule has 4 nitrogen and oxygen atoms in total. The number of carbonyl (C=O) groups excluding carboxylic acids is 1. The maximum atomic E-state index is 11.5. The Morgan fingerprint density at radius 3 is 2.58 bits per heavy atom. The Balaban J connectivity index is 1.56. The summed E-state index contributed by atoms with van der Waals surface area (Å²) in [6.45, 7) is 4.00. The van der Waals surface area contributed by atoms with Gasteiger partial charge in [-0.2, -0.15) is 0 Å². The first-order valence-electron chi connectivity index (χ1n) is 8.41. The van der Waals surface area contributed by atoms with Crippen LogP contribution in [0.15, 0.2) is 54.6 Å². The monoisotopic (exact) mass is 324 g/mol. The van der Waals surface area contributed by atoms with Gasteiger partial charge in [-0.25, -0.2) is 4.79 Å². The highest BCUT2D eigenvalue weighted by atomic mass is 16.5. The number of ether oxygens (including phenoxy) is 1. The van der Waals surface area contributed by atoms with Crippen LogP contribution in [0.3, 0.4) is 0 Å². The smallest absolute Gasteiger partial charge is 0.337 e. The van der Waals surface area contributed by atoms with Crippen LogP contribution in [-0.4, -0.2) is 43.7 Å². The lowest BCUT2D eigenvalue weighted by atomic mass is 10.0. The average Bonchev–Trinajstić information content (AvgIpc) is 2.63. The predicted octanol–water partition coefficient (Wildman–Crippen LogP) is 2.49. The maximum Gasteiger partial charge on any atom is 0.337 e. The quantitative estimate of drug-likeness (QED) is 0.858. The average molecular weight is 324 g/mol. The Morgan fingerprint density at radius 2 is 1.88 bits per heavy atom. The third kappa shape index (κ3) is 4.43. The summed E-state index contributed by atoms with van der Waals surface area (Å²) in [4.78, 5) is 14.0. The Kier molecular flexibility index (Phi) is 5.62. The minimum absolute atomic E-state index is 0.286. The zero-order chi connectivity index (χ0) is 16.8. The van der Waals surface area contributed by atoms with E-state index in [1.807, 2.05) is 24.3 Å². The van der Waals surface area contributed by atoms with Crippen molar-refractivity contribution in [1.82, 2.24) is 10.2 Å². The Bertz CT molecular complexity index is 655. The van der Waals surface area contributed by atoms with Gasteiger partial charge in [-0.15, -0.1) is 0 Å². The van der Waals surface area contributed by atoms with Crippen LogP contribution in [0.25, 0.3) is 0 Å². The number of hydrogen-bond donors (Lipinski definition) is 1. The molecule has 0 radical (unpaired) electrons. The fourth-order valence-corrected chi connectivity index (χ4v) is 3.20. The van der Waals surface area contributed by atoms with Gasteiger partial charge in [-0.05, 0) is 29.7 Å².